The third-order valence-corrected chi connectivity index (χ3v) is 6.37. The molecule has 0 spiro atoms. The fourth-order valence-electron chi connectivity index (χ4n) is 2.76. The summed E-state index contributed by atoms with van der Waals surface area (Å²) in [5.74, 6) is 2.94. The molecule has 0 unspecified atom stereocenters. The molecule has 0 atom stereocenters. The van der Waals surface area contributed by atoms with Crippen LogP contribution in [0.15, 0.2) is 53.4 Å². The van der Waals surface area contributed by atoms with Crippen molar-refractivity contribution in [3.05, 3.63) is 59.7 Å². The van der Waals surface area contributed by atoms with Crippen LogP contribution in [0.25, 0.3) is 0 Å². The van der Waals surface area contributed by atoms with Crippen molar-refractivity contribution < 1.29 is 4.79 Å². The molecule has 5 heteroatoms. The van der Waals surface area contributed by atoms with Crippen LogP contribution in [0.1, 0.15) is 11.1 Å². The Morgan fingerprint density at radius 1 is 1.12 bits per heavy atom. The lowest BCUT2D eigenvalue weighted by molar-refractivity contribution is -0.118. The molecular weight excluding hydrogens is 348 g/mol. The molecule has 1 saturated heterocycles. The lowest BCUT2D eigenvalue weighted by atomic mass is 10.2. The fraction of sp³-hybridized carbons (Fsp3) is 0.350. The smallest absolute Gasteiger partial charge is 0.230 e. The van der Waals surface area contributed by atoms with Crippen molar-refractivity contribution in [1.29, 1.82) is 0 Å². The highest BCUT2D eigenvalue weighted by atomic mass is 32.2. The molecule has 2 aromatic rings. The van der Waals surface area contributed by atoms with E-state index < -0.39 is 0 Å². The molecule has 132 valence electrons. The molecule has 3 rings (SSSR count). The van der Waals surface area contributed by atoms with Crippen molar-refractivity contribution in [3.63, 3.8) is 0 Å². The average Bonchev–Trinajstić information content (AvgIpc) is 2.67. The number of thioether (sulfide) groups is 2. The number of nitrogens with zero attached hydrogens (tertiary/aromatic N) is 1. The molecular formula is C20H24N2OS2. The maximum atomic E-state index is 12.1. The van der Waals surface area contributed by atoms with Crippen molar-refractivity contribution in [1.82, 2.24) is 5.32 Å². The Bertz CT molecular complexity index is 697. The van der Waals surface area contributed by atoms with Crippen LogP contribution >= 0.6 is 23.5 Å². The van der Waals surface area contributed by atoms with Crippen LogP contribution in [0.3, 0.4) is 0 Å². The van der Waals surface area contributed by atoms with Gasteiger partial charge >= 0.3 is 0 Å². The minimum absolute atomic E-state index is 0.0744. The molecule has 1 aliphatic rings. The first kappa shape index (κ1) is 18.2. The second kappa shape index (κ2) is 9.20. The van der Waals surface area contributed by atoms with E-state index in [0.717, 1.165) is 18.7 Å². The Morgan fingerprint density at radius 2 is 1.84 bits per heavy atom. The second-order valence-corrected chi connectivity index (χ2v) is 8.34. The van der Waals surface area contributed by atoms with Gasteiger partial charge in [0.05, 0.1) is 5.75 Å². The molecule has 0 saturated carbocycles. The summed E-state index contributed by atoms with van der Waals surface area (Å²) in [4.78, 5) is 15.7. The van der Waals surface area contributed by atoms with Crippen molar-refractivity contribution in [2.24, 2.45) is 0 Å². The number of benzene rings is 2. The molecule has 1 fully saturated rings. The zero-order valence-corrected chi connectivity index (χ0v) is 16.2. The highest BCUT2D eigenvalue weighted by molar-refractivity contribution is 8.00. The van der Waals surface area contributed by atoms with Crippen molar-refractivity contribution >= 4 is 35.1 Å². The van der Waals surface area contributed by atoms with E-state index in [9.17, 15) is 4.79 Å². The Balaban J connectivity index is 1.44. The largest absolute Gasteiger partial charge is 0.370 e. The molecule has 1 heterocycles. The van der Waals surface area contributed by atoms with E-state index in [1.165, 1.54) is 27.7 Å². The minimum atomic E-state index is 0.0744. The van der Waals surface area contributed by atoms with Gasteiger partial charge in [-0.1, -0.05) is 30.3 Å². The molecule has 1 aliphatic heterocycles. The number of amides is 1. The van der Waals surface area contributed by atoms with Crippen LogP contribution in [0.4, 0.5) is 5.69 Å². The van der Waals surface area contributed by atoms with E-state index in [1.807, 2.05) is 23.9 Å². The summed E-state index contributed by atoms with van der Waals surface area (Å²) < 4.78 is 0. The third-order valence-electron chi connectivity index (χ3n) is 4.25. The van der Waals surface area contributed by atoms with Gasteiger partial charge in [-0.05, 0) is 36.2 Å². The predicted molar refractivity (Wildman–Crippen MR) is 110 cm³/mol. The molecule has 0 bridgehead atoms. The Labute approximate surface area is 158 Å². The summed E-state index contributed by atoms with van der Waals surface area (Å²) in [6.07, 6.45) is 0. The highest BCUT2D eigenvalue weighted by Crippen LogP contribution is 2.22. The van der Waals surface area contributed by atoms with E-state index in [-0.39, 0.29) is 5.91 Å². The first-order chi connectivity index (χ1) is 12.2. The zero-order chi connectivity index (χ0) is 17.5. The van der Waals surface area contributed by atoms with Gasteiger partial charge in [-0.3, -0.25) is 4.79 Å². The molecule has 3 nitrogen and oxygen atoms in total. The van der Waals surface area contributed by atoms with Gasteiger partial charge in [-0.15, -0.1) is 11.8 Å². The van der Waals surface area contributed by atoms with Gasteiger partial charge in [0.1, 0.15) is 0 Å². The summed E-state index contributed by atoms with van der Waals surface area (Å²) in [5, 5.41) is 3.01. The first-order valence-electron chi connectivity index (χ1n) is 8.59. The van der Waals surface area contributed by atoms with Gasteiger partial charge in [-0.25, -0.2) is 0 Å². The average molecular weight is 373 g/mol. The lowest BCUT2D eigenvalue weighted by Crippen LogP contribution is -2.32. The first-order valence-corrected chi connectivity index (χ1v) is 10.7. The van der Waals surface area contributed by atoms with Crippen LogP contribution in [0, 0.1) is 6.92 Å². The topological polar surface area (TPSA) is 32.3 Å². The monoisotopic (exact) mass is 372 g/mol. The van der Waals surface area contributed by atoms with Crippen LogP contribution < -0.4 is 10.2 Å². The number of hydrogen-bond donors (Lipinski definition) is 1. The van der Waals surface area contributed by atoms with Gasteiger partial charge in [-0.2, -0.15) is 11.8 Å². The normalized spacial score (nSPS) is 14.4. The summed E-state index contributed by atoms with van der Waals surface area (Å²) in [6.45, 7) is 4.90. The van der Waals surface area contributed by atoms with Crippen LogP contribution in [-0.2, 0) is 11.3 Å². The highest BCUT2D eigenvalue weighted by Gasteiger charge is 2.11. The summed E-state index contributed by atoms with van der Waals surface area (Å²) >= 11 is 3.61. The molecule has 1 N–H and O–H groups in total. The molecule has 0 radical (unpaired) electrons. The zero-order valence-electron chi connectivity index (χ0n) is 14.5. The van der Waals surface area contributed by atoms with Crippen molar-refractivity contribution in [2.45, 2.75) is 18.4 Å². The van der Waals surface area contributed by atoms with E-state index in [1.54, 1.807) is 11.8 Å². The maximum absolute atomic E-state index is 12.1. The number of hydrogen-bond acceptors (Lipinski definition) is 4. The Hall–Kier alpha value is -1.59. The van der Waals surface area contributed by atoms with E-state index in [2.05, 4.69) is 53.5 Å². The standard InChI is InChI=1S/C20H24N2OS2/c1-16-4-2-3-5-19(16)25-15-20(23)21-14-17-6-8-18(9-7-17)22-10-12-24-13-11-22/h2-9H,10-15H2,1H3,(H,21,23). The van der Waals surface area contributed by atoms with Crippen molar-refractivity contribution in [3.8, 4) is 0 Å². The van der Waals surface area contributed by atoms with E-state index in [0.29, 0.717) is 12.3 Å². The summed E-state index contributed by atoms with van der Waals surface area (Å²) in [6, 6.07) is 16.7. The molecule has 25 heavy (non-hydrogen) atoms. The van der Waals surface area contributed by atoms with Gasteiger partial charge in [0.25, 0.3) is 0 Å². The molecule has 0 aromatic heterocycles. The van der Waals surface area contributed by atoms with Crippen molar-refractivity contribution in [2.75, 3.05) is 35.2 Å². The maximum Gasteiger partial charge on any atom is 0.230 e. The fourth-order valence-corrected chi connectivity index (χ4v) is 4.52. The second-order valence-electron chi connectivity index (χ2n) is 6.10. The number of aryl methyl sites for hydroxylation is 1. The summed E-state index contributed by atoms with van der Waals surface area (Å²) in [5.41, 5.74) is 3.64. The van der Waals surface area contributed by atoms with Gasteiger partial charge < -0.3 is 10.2 Å². The number of carbonyl (C=O) groups is 1. The van der Waals surface area contributed by atoms with Crippen LogP contribution in [0.2, 0.25) is 0 Å². The SMILES string of the molecule is Cc1ccccc1SCC(=O)NCc1ccc(N2CCSCC2)cc1. The molecule has 0 aliphatic carbocycles. The Kier molecular flexibility index (Phi) is 6.70. The van der Waals surface area contributed by atoms with Crippen LogP contribution in [0.5, 0.6) is 0 Å². The summed E-state index contributed by atoms with van der Waals surface area (Å²) in [7, 11) is 0. The number of nitrogens with one attached hydrogen (secondary N) is 1. The van der Waals surface area contributed by atoms with Gasteiger partial charge in [0.2, 0.25) is 5.91 Å². The Morgan fingerprint density at radius 3 is 2.56 bits per heavy atom. The number of carbonyl (C=O) groups excluding carboxylic acids is 1. The molecule has 1 amide bonds. The van der Waals surface area contributed by atoms with Crippen LogP contribution in [-0.4, -0.2) is 36.3 Å². The van der Waals surface area contributed by atoms with Gasteiger partial charge in [0, 0.05) is 41.7 Å². The minimum Gasteiger partial charge on any atom is -0.370 e. The molecule has 2 aromatic carbocycles. The predicted octanol–water partition coefficient (Wildman–Crippen LogP) is 3.96. The van der Waals surface area contributed by atoms with Gasteiger partial charge in [0.15, 0.2) is 0 Å². The third kappa shape index (κ3) is 5.44. The quantitative estimate of drug-likeness (QED) is 0.778. The number of rotatable bonds is 6. The van der Waals surface area contributed by atoms with E-state index >= 15 is 0 Å². The number of anilines is 1. The van der Waals surface area contributed by atoms with E-state index in [4.69, 9.17) is 0 Å². The lowest BCUT2D eigenvalue weighted by Gasteiger charge is -2.28.